The molecule has 0 atom stereocenters. The molecule has 0 unspecified atom stereocenters. The second-order valence-electron chi connectivity index (χ2n) is 2.86. The predicted octanol–water partition coefficient (Wildman–Crippen LogP) is 1.49. The van der Waals surface area contributed by atoms with Crippen molar-refractivity contribution >= 4 is 5.69 Å². The zero-order valence-corrected chi connectivity index (χ0v) is 6.86. The van der Waals surface area contributed by atoms with Crippen molar-refractivity contribution in [3.05, 3.63) is 28.8 Å². The van der Waals surface area contributed by atoms with Crippen LogP contribution in [0.2, 0.25) is 0 Å². The molecule has 0 amide bonds. The summed E-state index contributed by atoms with van der Waals surface area (Å²) in [6, 6.07) is 4.31. The van der Waals surface area contributed by atoms with Crippen LogP contribution in [0.15, 0.2) is 12.1 Å². The first kappa shape index (κ1) is 7.29. The Hall–Kier alpha value is -0.820. The van der Waals surface area contributed by atoms with E-state index in [-0.39, 0.29) is 0 Å². The molecule has 0 aliphatic heterocycles. The van der Waals surface area contributed by atoms with Crippen LogP contribution in [0.5, 0.6) is 0 Å². The van der Waals surface area contributed by atoms with E-state index >= 15 is 0 Å². The fraction of sp³-hybridized carbons (Fsp3) is 0.333. The molecule has 1 aromatic rings. The van der Waals surface area contributed by atoms with Gasteiger partial charge in [0.1, 0.15) is 5.69 Å². The average molecular weight is 136 g/mol. The molecule has 0 bridgehead atoms. The normalized spacial score (nSPS) is 10.0. The van der Waals surface area contributed by atoms with E-state index in [1.54, 1.807) is 0 Å². The molecule has 1 aromatic carbocycles. The highest BCUT2D eigenvalue weighted by Crippen LogP contribution is 2.14. The van der Waals surface area contributed by atoms with Gasteiger partial charge in [-0.05, 0) is 31.9 Å². The van der Waals surface area contributed by atoms with Crippen LogP contribution in [0.3, 0.4) is 0 Å². The number of benzene rings is 1. The van der Waals surface area contributed by atoms with Gasteiger partial charge in [-0.15, -0.1) is 0 Å². The van der Waals surface area contributed by atoms with Crippen molar-refractivity contribution in [3.63, 3.8) is 0 Å². The summed E-state index contributed by atoms with van der Waals surface area (Å²) >= 11 is 0. The minimum atomic E-state index is 1.14. The lowest BCUT2D eigenvalue weighted by molar-refractivity contribution is -0.255. The highest BCUT2D eigenvalue weighted by Gasteiger charge is 1.98. The number of aryl methyl sites for hydroxylation is 3. The van der Waals surface area contributed by atoms with E-state index in [1.165, 1.54) is 16.7 Å². The smallest absolute Gasteiger partial charge is 0.131 e. The van der Waals surface area contributed by atoms with Crippen molar-refractivity contribution in [2.45, 2.75) is 20.8 Å². The molecule has 0 aliphatic carbocycles. The summed E-state index contributed by atoms with van der Waals surface area (Å²) in [6.07, 6.45) is 0. The summed E-state index contributed by atoms with van der Waals surface area (Å²) in [5.74, 6) is 0. The van der Waals surface area contributed by atoms with E-state index in [0.717, 1.165) is 5.69 Å². The molecule has 3 N–H and O–H groups in total. The van der Waals surface area contributed by atoms with Crippen molar-refractivity contribution in [1.82, 2.24) is 0 Å². The molecule has 0 aliphatic rings. The van der Waals surface area contributed by atoms with Gasteiger partial charge in [-0.1, -0.05) is 6.07 Å². The van der Waals surface area contributed by atoms with E-state index in [1.807, 2.05) is 0 Å². The largest absolute Gasteiger partial charge is 0.325 e. The first-order valence-corrected chi connectivity index (χ1v) is 3.51. The van der Waals surface area contributed by atoms with Crippen molar-refractivity contribution in [3.8, 4) is 0 Å². The third-order valence-electron chi connectivity index (χ3n) is 1.95. The molecule has 0 saturated heterocycles. The van der Waals surface area contributed by atoms with Gasteiger partial charge >= 0.3 is 0 Å². The molecule has 54 valence electrons. The highest BCUT2D eigenvalue weighted by molar-refractivity contribution is 5.44. The first-order chi connectivity index (χ1) is 4.61. The van der Waals surface area contributed by atoms with Crippen LogP contribution in [-0.2, 0) is 0 Å². The number of quaternary nitrogens is 1. The number of rotatable bonds is 0. The minimum Gasteiger partial charge on any atom is -0.325 e. The van der Waals surface area contributed by atoms with Crippen molar-refractivity contribution in [2.75, 3.05) is 0 Å². The molecule has 1 rings (SSSR count). The molecule has 0 spiro atoms. The van der Waals surface area contributed by atoms with Crippen molar-refractivity contribution < 1.29 is 5.73 Å². The lowest BCUT2D eigenvalue weighted by atomic mass is 10.1. The maximum Gasteiger partial charge on any atom is 0.131 e. The monoisotopic (exact) mass is 136 g/mol. The maximum atomic E-state index is 3.92. The van der Waals surface area contributed by atoms with Gasteiger partial charge in [0.05, 0.1) is 0 Å². The van der Waals surface area contributed by atoms with Gasteiger partial charge in [0.25, 0.3) is 0 Å². The Balaban J connectivity index is 3.28. The Bertz CT molecular complexity index is 201. The highest BCUT2D eigenvalue weighted by atomic mass is 14.6. The molecule has 0 radical (unpaired) electrons. The average Bonchev–Trinajstić information content (AvgIpc) is 1.84. The van der Waals surface area contributed by atoms with Crippen molar-refractivity contribution in [2.24, 2.45) is 0 Å². The quantitative estimate of drug-likeness (QED) is 0.559. The van der Waals surface area contributed by atoms with Gasteiger partial charge in [0.15, 0.2) is 0 Å². The maximum absolute atomic E-state index is 3.92. The van der Waals surface area contributed by atoms with Crippen LogP contribution < -0.4 is 5.73 Å². The Morgan fingerprint density at radius 1 is 0.900 bits per heavy atom. The third-order valence-corrected chi connectivity index (χ3v) is 1.95. The van der Waals surface area contributed by atoms with Crippen LogP contribution in [0.1, 0.15) is 16.7 Å². The lowest BCUT2D eigenvalue weighted by Gasteiger charge is -2.01. The Morgan fingerprint density at radius 3 is 1.90 bits per heavy atom. The van der Waals surface area contributed by atoms with Gasteiger partial charge in [0, 0.05) is 11.6 Å². The Labute approximate surface area is 61.9 Å². The van der Waals surface area contributed by atoms with Gasteiger partial charge in [0.2, 0.25) is 0 Å². The summed E-state index contributed by atoms with van der Waals surface area (Å²) < 4.78 is 0. The molecule has 0 heterocycles. The summed E-state index contributed by atoms with van der Waals surface area (Å²) in [5, 5.41) is 0. The van der Waals surface area contributed by atoms with E-state index in [2.05, 4.69) is 38.6 Å². The first-order valence-electron chi connectivity index (χ1n) is 3.51. The van der Waals surface area contributed by atoms with Crippen molar-refractivity contribution in [1.29, 1.82) is 0 Å². The molecular formula is C9H14N+. The summed E-state index contributed by atoms with van der Waals surface area (Å²) in [6.45, 7) is 6.33. The molecule has 1 heteroatoms. The molecule has 0 saturated carbocycles. The van der Waals surface area contributed by atoms with E-state index < -0.39 is 0 Å². The van der Waals surface area contributed by atoms with Crippen LogP contribution in [0, 0.1) is 20.8 Å². The lowest BCUT2D eigenvalue weighted by Crippen LogP contribution is -2.41. The van der Waals surface area contributed by atoms with Crippen LogP contribution in [0.4, 0.5) is 5.69 Å². The Kier molecular flexibility index (Phi) is 1.77. The van der Waals surface area contributed by atoms with E-state index in [4.69, 9.17) is 0 Å². The summed E-state index contributed by atoms with van der Waals surface area (Å²) in [7, 11) is 0. The number of hydrogen-bond donors (Lipinski definition) is 1. The van der Waals surface area contributed by atoms with Crippen LogP contribution in [0.25, 0.3) is 0 Å². The standard InChI is InChI=1S/C9H13N/c1-6-4-8(3)9(10)5-7(6)2/h4-5H,10H2,1-3H3/p+1. The Morgan fingerprint density at radius 2 is 1.40 bits per heavy atom. The second kappa shape index (κ2) is 2.43. The number of hydrogen-bond acceptors (Lipinski definition) is 0. The summed E-state index contributed by atoms with van der Waals surface area (Å²) in [4.78, 5) is 0. The molecule has 0 fully saturated rings. The topological polar surface area (TPSA) is 27.6 Å². The van der Waals surface area contributed by atoms with E-state index in [0.29, 0.717) is 0 Å². The fourth-order valence-corrected chi connectivity index (χ4v) is 1.02. The van der Waals surface area contributed by atoms with Crippen LogP contribution in [-0.4, -0.2) is 0 Å². The molecule has 10 heavy (non-hydrogen) atoms. The van der Waals surface area contributed by atoms with Gasteiger partial charge in [-0.3, -0.25) is 0 Å². The van der Waals surface area contributed by atoms with Gasteiger partial charge in [-0.25, -0.2) is 0 Å². The van der Waals surface area contributed by atoms with Gasteiger partial charge < -0.3 is 5.73 Å². The fourth-order valence-electron chi connectivity index (χ4n) is 1.02. The second-order valence-corrected chi connectivity index (χ2v) is 2.86. The van der Waals surface area contributed by atoms with Gasteiger partial charge in [-0.2, -0.15) is 0 Å². The summed E-state index contributed by atoms with van der Waals surface area (Å²) in [5.41, 5.74) is 9.03. The SMILES string of the molecule is Cc1cc(C)c([NH3+])cc1C. The molecule has 0 aromatic heterocycles. The third kappa shape index (κ3) is 1.19. The zero-order valence-electron chi connectivity index (χ0n) is 6.86. The van der Waals surface area contributed by atoms with Crippen LogP contribution >= 0.6 is 0 Å². The molecule has 1 nitrogen and oxygen atoms in total. The minimum absolute atomic E-state index is 1.14. The van der Waals surface area contributed by atoms with E-state index in [9.17, 15) is 0 Å². The molecular weight excluding hydrogens is 122 g/mol. The zero-order chi connectivity index (χ0) is 7.72. The predicted molar refractivity (Wildman–Crippen MR) is 43.2 cm³/mol.